The van der Waals surface area contributed by atoms with Crippen molar-refractivity contribution < 1.29 is 4.74 Å². The molecule has 1 aliphatic heterocycles. The topological polar surface area (TPSA) is 38.2 Å². The number of rotatable bonds is 2. The highest BCUT2D eigenvalue weighted by atomic mass is 16.5. The second-order valence-corrected chi connectivity index (χ2v) is 5.24. The summed E-state index contributed by atoms with van der Waals surface area (Å²) in [7, 11) is 0. The van der Waals surface area contributed by atoms with Gasteiger partial charge in [-0.05, 0) is 26.7 Å². The fourth-order valence-electron chi connectivity index (χ4n) is 2.50. The Morgan fingerprint density at radius 2 is 1.88 bits per heavy atom. The molecule has 4 nitrogen and oxygen atoms in total. The first kappa shape index (κ1) is 11.0. The second kappa shape index (κ2) is 4.26. The van der Waals surface area contributed by atoms with E-state index < -0.39 is 0 Å². The Kier molecular flexibility index (Phi) is 2.74. The van der Waals surface area contributed by atoms with Crippen LogP contribution in [0.1, 0.15) is 38.3 Å². The zero-order chi connectivity index (χ0) is 11.8. The van der Waals surface area contributed by atoms with Gasteiger partial charge in [0.05, 0.1) is 12.2 Å². The summed E-state index contributed by atoms with van der Waals surface area (Å²) in [6, 6.07) is 2.16. The normalized spacial score (nSPS) is 29.4. The van der Waals surface area contributed by atoms with E-state index in [1.807, 2.05) is 0 Å². The van der Waals surface area contributed by atoms with Crippen molar-refractivity contribution in [2.45, 2.75) is 44.8 Å². The van der Waals surface area contributed by atoms with E-state index in [1.54, 1.807) is 6.33 Å². The molecule has 0 amide bonds. The lowest BCUT2D eigenvalue weighted by atomic mass is 10.2. The van der Waals surface area contributed by atoms with Crippen molar-refractivity contribution >= 4 is 5.82 Å². The number of aromatic nitrogens is 2. The lowest BCUT2D eigenvalue weighted by Gasteiger charge is -2.36. The molecule has 92 valence electrons. The average molecular weight is 233 g/mol. The molecule has 1 aliphatic carbocycles. The summed E-state index contributed by atoms with van der Waals surface area (Å²) in [5.74, 6) is 1.75. The van der Waals surface area contributed by atoms with Crippen molar-refractivity contribution in [3.05, 3.63) is 18.1 Å². The Bertz CT molecular complexity index is 395. The molecule has 0 spiro atoms. The number of morpholine rings is 1. The monoisotopic (exact) mass is 233 g/mol. The molecule has 0 radical (unpaired) electrons. The van der Waals surface area contributed by atoms with Gasteiger partial charge in [-0.15, -0.1) is 0 Å². The molecular weight excluding hydrogens is 214 g/mol. The van der Waals surface area contributed by atoms with E-state index in [4.69, 9.17) is 4.74 Å². The second-order valence-electron chi connectivity index (χ2n) is 5.24. The van der Waals surface area contributed by atoms with Gasteiger partial charge in [0.15, 0.2) is 0 Å². The van der Waals surface area contributed by atoms with Crippen LogP contribution in [0.4, 0.5) is 5.82 Å². The molecule has 0 bridgehead atoms. The van der Waals surface area contributed by atoms with Crippen LogP contribution >= 0.6 is 0 Å². The molecule has 1 saturated heterocycles. The van der Waals surface area contributed by atoms with Crippen molar-refractivity contribution in [1.82, 2.24) is 9.97 Å². The highest BCUT2D eigenvalue weighted by Crippen LogP contribution is 2.39. The van der Waals surface area contributed by atoms with E-state index in [1.165, 1.54) is 18.5 Å². The van der Waals surface area contributed by atoms with Gasteiger partial charge in [-0.25, -0.2) is 9.97 Å². The Morgan fingerprint density at radius 3 is 2.53 bits per heavy atom. The van der Waals surface area contributed by atoms with Crippen molar-refractivity contribution in [2.24, 2.45) is 0 Å². The molecule has 1 aromatic heterocycles. The Labute approximate surface area is 102 Å². The number of nitrogens with zero attached hydrogens (tertiary/aromatic N) is 3. The Hall–Kier alpha value is -1.16. The van der Waals surface area contributed by atoms with Crippen LogP contribution in [0.15, 0.2) is 12.4 Å². The van der Waals surface area contributed by atoms with Crippen molar-refractivity contribution in [2.75, 3.05) is 18.0 Å². The van der Waals surface area contributed by atoms with Gasteiger partial charge in [-0.1, -0.05) is 0 Å². The predicted octanol–water partition coefficient (Wildman–Crippen LogP) is 1.97. The fraction of sp³-hybridized carbons (Fsp3) is 0.692. The fourth-order valence-corrected chi connectivity index (χ4v) is 2.50. The van der Waals surface area contributed by atoms with Crippen LogP contribution < -0.4 is 4.90 Å². The van der Waals surface area contributed by atoms with Gasteiger partial charge in [0.1, 0.15) is 12.1 Å². The van der Waals surface area contributed by atoms with Crippen LogP contribution in [-0.2, 0) is 4.74 Å². The van der Waals surface area contributed by atoms with Gasteiger partial charge < -0.3 is 9.64 Å². The quantitative estimate of drug-likeness (QED) is 0.782. The SMILES string of the molecule is CC1CN(c2cc(C3CC3)ncn2)CC(C)O1. The zero-order valence-corrected chi connectivity index (χ0v) is 10.5. The predicted molar refractivity (Wildman–Crippen MR) is 66.2 cm³/mol. The summed E-state index contributed by atoms with van der Waals surface area (Å²) in [5.41, 5.74) is 1.21. The zero-order valence-electron chi connectivity index (χ0n) is 10.5. The molecule has 2 unspecified atom stereocenters. The molecule has 17 heavy (non-hydrogen) atoms. The minimum atomic E-state index is 0.276. The van der Waals surface area contributed by atoms with Crippen LogP contribution in [0.5, 0.6) is 0 Å². The van der Waals surface area contributed by atoms with Crippen LogP contribution in [0.25, 0.3) is 0 Å². The molecular formula is C13H19N3O. The molecule has 3 rings (SSSR count). The summed E-state index contributed by atoms with van der Waals surface area (Å²) in [6.45, 7) is 6.08. The van der Waals surface area contributed by atoms with Crippen molar-refractivity contribution in [3.63, 3.8) is 0 Å². The number of hydrogen-bond acceptors (Lipinski definition) is 4. The lowest BCUT2D eigenvalue weighted by Crippen LogP contribution is -2.45. The van der Waals surface area contributed by atoms with E-state index >= 15 is 0 Å². The van der Waals surface area contributed by atoms with Crippen LogP contribution in [-0.4, -0.2) is 35.3 Å². The third kappa shape index (κ3) is 2.41. The van der Waals surface area contributed by atoms with E-state index in [0.29, 0.717) is 5.92 Å². The molecule has 2 atom stereocenters. The minimum Gasteiger partial charge on any atom is -0.372 e. The first-order valence-electron chi connectivity index (χ1n) is 6.44. The van der Waals surface area contributed by atoms with Gasteiger partial charge in [0, 0.05) is 30.8 Å². The summed E-state index contributed by atoms with van der Waals surface area (Å²) >= 11 is 0. The average Bonchev–Trinajstić information content (AvgIpc) is 3.12. The summed E-state index contributed by atoms with van der Waals surface area (Å²) in [6.07, 6.45) is 4.82. The molecule has 4 heteroatoms. The third-order valence-electron chi connectivity index (χ3n) is 3.41. The van der Waals surface area contributed by atoms with Crippen molar-refractivity contribution in [1.29, 1.82) is 0 Å². The maximum absolute atomic E-state index is 5.74. The van der Waals surface area contributed by atoms with Gasteiger partial charge >= 0.3 is 0 Å². The van der Waals surface area contributed by atoms with Crippen LogP contribution in [0, 0.1) is 0 Å². The smallest absolute Gasteiger partial charge is 0.132 e. The standard InChI is InChI=1S/C13H19N3O/c1-9-6-16(7-10(2)17-9)13-5-12(11-3-4-11)14-8-15-13/h5,8-11H,3-4,6-7H2,1-2H3. The van der Waals surface area contributed by atoms with Gasteiger partial charge in [-0.3, -0.25) is 0 Å². The van der Waals surface area contributed by atoms with E-state index in [-0.39, 0.29) is 12.2 Å². The highest BCUT2D eigenvalue weighted by molar-refractivity contribution is 5.41. The lowest BCUT2D eigenvalue weighted by molar-refractivity contribution is -0.00547. The third-order valence-corrected chi connectivity index (χ3v) is 3.41. The Morgan fingerprint density at radius 1 is 1.18 bits per heavy atom. The summed E-state index contributed by atoms with van der Waals surface area (Å²) in [4.78, 5) is 11.1. The minimum absolute atomic E-state index is 0.276. The van der Waals surface area contributed by atoms with Gasteiger partial charge in [-0.2, -0.15) is 0 Å². The summed E-state index contributed by atoms with van der Waals surface area (Å²) < 4.78 is 5.74. The number of ether oxygens (including phenoxy) is 1. The first-order chi connectivity index (χ1) is 8.22. The van der Waals surface area contributed by atoms with Crippen LogP contribution in [0.3, 0.4) is 0 Å². The summed E-state index contributed by atoms with van der Waals surface area (Å²) in [5, 5.41) is 0. The molecule has 1 aromatic rings. The largest absolute Gasteiger partial charge is 0.372 e. The molecule has 0 aromatic carbocycles. The first-order valence-corrected chi connectivity index (χ1v) is 6.44. The maximum atomic E-state index is 5.74. The highest BCUT2D eigenvalue weighted by Gasteiger charge is 2.27. The van der Waals surface area contributed by atoms with E-state index in [0.717, 1.165) is 18.9 Å². The van der Waals surface area contributed by atoms with E-state index in [9.17, 15) is 0 Å². The molecule has 2 heterocycles. The maximum Gasteiger partial charge on any atom is 0.132 e. The molecule has 2 fully saturated rings. The number of hydrogen-bond donors (Lipinski definition) is 0. The van der Waals surface area contributed by atoms with Gasteiger partial charge in [0.2, 0.25) is 0 Å². The van der Waals surface area contributed by atoms with Crippen molar-refractivity contribution in [3.8, 4) is 0 Å². The van der Waals surface area contributed by atoms with E-state index in [2.05, 4.69) is 34.8 Å². The van der Waals surface area contributed by atoms with Crippen LogP contribution in [0.2, 0.25) is 0 Å². The Balaban J connectivity index is 1.80. The number of anilines is 1. The van der Waals surface area contributed by atoms with Gasteiger partial charge in [0.25, 0.3) is 0 Å². The molecule has 2 aliphatic rings. The molecule has 1 saturated carbocycles. The molecule has 0 N–H and O–H groups in total.